The van der Waals surface area contributed by atoms with Crippen LogP contribution >= 0.6 is 0 Å². The molecule has 0 amide bonds. The lowest BCUT2D eigenvalue weighted by Crippen LogP contribution is -2.45. The summed E-state index contributed by atoms with van der Waals surface area (Å²) in [6.07, 6.45) is 5.09. The largest absolute Gasteiger partial charge is 0.330 e. The fourth-order valence-corrected chi connectivity index (χ4v) is 2.83. The van der Waals surface area contributed by atoms with Crippen molar-refractivity contribution >= 4 is 0 Å². The third-order valence-corrected chi connectivity index (χ3v) is 4.42. The normalized spacial score (nSPS) is 17.5. The summed E-state index contributed by atoms with van der Waals surface area (Å²) in [7, 11) is 0. The van der Waals surface area contributed by atoms with Crippen molar-refractivity contribution in [3.63, 3.8) is 0 Å². The Hall–Kier alpha value is -0.860. The second-order valence-corrected chi connectivity index (χ2v) is 5.91. The molecule has 0 saturated heterocycles. The maximum absolute atomic E-state index is 5.86. The zero-order chi connectivity index (χ0) is 13.0. The first-order valence-corrected chi connectivity index (χ1v) is 7.12. The Morgan fingerprint density at radius 1 is 1.28 bits per heavy atom. The predicted molar refractivity (Wildman–Crippen MR) is 77.8 cm³/mol. The highest BCUT2D eigenvalue weighted by Crippen LogP contribution is 2.38. The van der Waals surface area contributed by atoms with Gasteiger partial charge in [-0.05, 0) is 62.7 Å². The van der Waals surface area contributed by atoms with Crippen molar-refractivity contribution in [3.8, 4) is 0 Å². The molecule has 0 radical (unpaired) electrons. The second-order valence-electron chi connectivity index (χ2n) is 5.91. The fraction of sp³-hybridized carbons (Fsp3) is 0.625. The minimum absolute atomic E-state index is 0.419. The molecular weight excluding hydrogens is 220 g/mol. The van der Waals surface area contributed by atoms with Gasteiger partial charge in [0.1, 0.15) is 0 Å². The predicted octanol–water partition coefficient (Wildman–Crippen LogP) is 2.56. The second kappa shape index (κ2) is 5.85. The fourth-order valence-electron chi connectivity index (χ4n) is 2.83. The minimum Gasteiger partial charge on any atom is -0.330 e. The van der Waals surface area contributed by atoms with E-state index >= 15 is 0 Å². The van der Waals surface area contributed by atoms with Crippen molar-refractivity contribution in [3.05, 3.63) is 34.9 Å². The molecule has 100 valence electrons. The van der Waals surface area contributed by atoms with E-state index in [1.165, 1.54) is 36.0 Å². The SMILES string of the molecule is Cc1ccc(CCNCC2(CN)CCC2)c(C)c1. The highest BCUT2D eigenvalue weighted by molar-refractivity contribution is 5.30. The van der Waals surface area contributed by atoms with Crippen LogP contribution in [0.15, 0.2) is 18.2 Å². The summed E-state index contributed by atoms with van der Waals surface area (Å²) >= 11 is 0. The van der Waals surface area contributed by atoms with Crippen LogP contribution in [-0.2, 0) is 6.42 Å². The summed E-state index contributed by atoms with van der Waals surface area (Å²) < 4.78 is 0. The van der Waals surface area contributed by atoms with Gasteiger partial charge in [0.15, 0.2) is 0 Å². The molecule has 0 unspecified atom stereocenters. The van der Waals surface area contributed by atoms with Crippen molar-refractivity contribution in [2.75, 3.05) is 19.6 Å². The Kier molecular flexibility index (Phi) is 4.41. The number of nitrogens with two attached hydrogens (primary N) is 1. The third-order valence-electron chi connectivity index (χ3n) is 4.42. The summed E-state index contributed by atoms with van der Waals surface area (Å²) in [5.74, 6) is 0. The zero-order valence-electron chi connectivity index (χ0n) is 11.8. The van der Waals surface area contributed by atoms with Crippen molar-refractivity contribution in [2.45, 2.75) is 39.5 Å². The van der Waals surface area contributed by atoms with E-state index in [1.54, 1.807) is 0 Å². The van der Waals surface area contributed by atoms with E-state index in [9.17, 15) is 0 Å². The highest BCUT2D eigenvalue weighted by Gasteiger charge is 2.34. The third kappa shape index (κ3) is 3.12. The highest BCUT2D eigenvalue weighted by atomic mass is 14.9. The van der Waals surface area contributed by atoms with E-state index in [1.807, 2.05) is 0 Å². The van der Waals surface area contributed by atoms with Crippen LogP contribution in [0.4, 0.5) is 0 Å². The Bertz CT molecular complexity index is 389. The van der Waals surface area contributed by atoms with Crippen molar-refractivity contribution in [2.24, 2.45) is 11.1 Å². The van der Waals surface area contributed by atoms with Crippen LogP contribution in [0.25, 0.3) is 0 Å². The molecule has 1 aliphatic rings. The average Bonchev–Trinajstić information content (AvgIpc) is 2.29. The standard InChI is InChI=1S/C16H26N2/c1-13-4-5-15(14(2)10-13)6-9-18-12-16(11-17)7-3-8-16/h4-5,10,18H,3,6-9,11-12,17H2,1-2H3. The van der Waals surface area contributed by atoms with E-state index < -0.39 is 0 Å². The molecule has 2 heteroatoms. The van der Waals surface area contributed by atoms with Gasteiger partial charge in [-0.15, -0.1) is 0 Å². The summed E-state index contributed by atoms with van der Waals surface area (Å²) in [5, 5.41) is 3.59. The molecule has 1 fully saturated rings. The topological polar surface area (TPSA) is 38.0 Å². The number of nitrogens with one attached hydrogen (secondary N) is 1. The van der Waals surface area contributed by atoms with Gasteiger partial charge >= 0.3 is 0 Å². The molecule has 2 rings (SSSR count). The summed E-state index contributed by atoms with van der Waals surface area (Å²) in [5.41, 5.74) is 10.5. The molecule has 1 saturated carbocycles. The molecular formula is C16H26N2. The van der Waals surface area contributed by atoms with Crippen LogP contribution in [-0.4, -0.2) is 19.6 Å². The van der Waals surface area contributed by atoms with Crippen molar-refractivity contribution in [1.82, 2.24) is 5.32 Å². The number of rotatable bonds is 6. The van der Waals surface area contributed by atoms with E-state index in [-0.39, 0.29) is 0 Å². The van der Waals surface area contributed by atoms with Crippen molar-refractivity contribution in [1.29, 1.82) is 0 Å². The van der Waals surface area contributed by atoms with E-state index in [0.717, 1.165) is 26.1 Å². The van der Waals surface area contributed by atoms with Crippen LogP contribution in [0.5, 0.6) is 0 Å². The van der Waals surface area contributed by atoms with Gasteiger partial charge in [-0.25, -0.2) is 0 Å². The van der Waals surface area contributed by atoms with Gasteiger partial charge in [0.05, 0.1) is 0 Å². The van der Waals surface area contributed by atoms with E-state index in [2.05, 4.69) is 37.4 Å². The number of hydrogen-bond donors (Lipinski definition) is 2. The molecule has 0 atom stereocenters. The molecule has 0 aliphatic heterocycles. The lowest BCUT2D eigenvalue weighted by atomic mass is 9.69. The van der Waals surface area contributed by atoms with E-state index in [0.29, 0.717) is 5.41 Å². The van der Waals surface area contributed by atoms with Gasteiger partial charge in [-0.2, -0.15) is 0 Å². The Morgan fingerprint density at radius 2 is 2.06 bits per heavy atom. The lowest BCUT2D eigenvalue weighted by Gasteiger charge is -2.41. The monoisotopic (exact) mass is 246 g/mol. The molecule has 1 aromatic carbocycles. The Morgan fingerprint density at radius 3 is 2.61 bits per heavy atom. The molecule has 0 heterocycles. The molecule has 18 heavy (non-hydrogen) atoms. The van der Waals surface area contributed by atoms with Gasteiger partial charge in [0.25, 0.3) is 0 Å². The quantitative estimate of drug-likeness (QED) is 0.757. The molecule has 2 nitrogen and oxygen atoms in total. The maximum atomic E-state index is 5.86. The first kappa shape index (κ1) is 13.6. The number of hydrogen-bond acceptors (Lipinski definition) is 2. The van der Waals surface area contributed by atoms with Gasteiger partial charge < -0.3 is 11.1 Å². The minimum atomic E-state index is 0.419. The van der Waals surface area contributed by atoms with Gasteiger partial charge in [-0.3, -0.25) is 0 Å². The molecule has 3 N–H and O–H groups in total. The lowest BCUT2D eigenvalue weighted by molar-refractivity contribution is 0.141. The first-order chi connectivity index (χ1) is 8.65. The van der Waals surface area contributed by atoms with Crippen LogP contribution in [0.3, 0.4) is 0 Å². The summed E-state index contributed by atoms with van der Waals surface area (Å²) in [6.45, 7) is 7.34. The Balaban J connectivity index is 1.75. The molecule has 1 aliphatic carbocycles. The smallest absolute Gasteiger partial charge is 0.00200 e. The number of aryl methyl sites for hydroxylation is 2. The van der Waals surface area contributed by atoms with Crippen LogP contribution in [0.2, 0.25) is 0 Å². The maximum Gasteiger partial charge on any atom is 0.00200 e. The van der Waals surface area contributed by atoms with Gasteiger partial charge in [0, 0.05) is 6.54 Å². The van der Waals surface area contributed by atoms with Gasteiger partial charge in [-0.1, -0.05) is 30.2 Å². The summed E-state index contributed by atoms with van der Waals surface area (Å²) in [6, 6.07) is 6.73. The van der Waals surface area contributed by atoms with Gasteiger partial charge in [0.2, 0.25) is 0 Å². The zero-order valence-corrected chi connectivity index (χ0v) is 11.8. The van der Waals surface area contributed by atoms with E-state index in [4.69, 9.17) is 5.73 Å². The Labute approximate surface area is 111 Å². The molecule has 1 aromatic rings. The van der Waals surface area contributed by atoms with Crippen LogP contribution < -0.4 is 11.1 Å². The average molecular weight is 246 g/mol. The first-order valence-electron chi connectivity index (χ1n) is 7.12. The molecule has 0 spiro atoms. The van der Waals surface area contributed by atoms with Crippen LogP contribution in [0, 0.1) is 19.3 Å². The molecule has 0 aromatic heterocycles. The number of benzene rings is 1. The molecule has 0 bridgehead atoms. The summed E-state index contributed by atoms with van der Waals surface area (Å²) in [4.78, 5) is 0. The van der Waals surface area contributed by atoms with Crippen LogP contribution in [0.1, 0.15) is 36.0 Å². The van der Waals surface area contributed by atoms with Crippen molar-refractivity contribution < 1.29 is 0 Å².